The first-order valence-electron chi connectivity index (χ1n) is 13.3. The summed E-state index contributed by atoms with van der Waals surface area (Å²) in [6, 6.07) is 15.5. The lowest BCUT2D eigenvalue weighted by Crippen LogP contribution is -2.57. The number of carbonyl (C=O) groups is 2. The van der Waals surface area contributed by atoms with Crippen LogP contribution in [0.4, 0.5) is 0 Å². The van der Waals surface area contributed by atoms with E-state index in [1.165, 1.54) is 6.92 Å². The topological polar surface area (TPSA) is 154 Å². The number of rotatable bonds is 10. The number of aromatic amines is 1. The van der Waals surface area contributed by atoms with Crippen LogP contribution in [0.15, 0.2) is 59.9 Å². The molecular formula is C29H36N6O5. The summed E-state index contributed by atoms with van der Waals surface area (Å²) in [5, 5.41) is 38.3. The SMILES string of the molecule is CCCC1(COC(=O)C(C)(C)C)NC(C(C)O)=C(C(=O)O)N1Cc1ccc(-c2ccccc2-c2nn[nH]n2)cc1. The van der Waals surface area contributed by atoms with E-state index in [2.05, 4.69) is 25.9 Å². The quantitative estimate of drug-likeness (QED) is 0.276. The van der Waals surface area contributed by atoms with E-state index in [0.717, 1.165) is 22.3 Å². The Morgan fingerprint density at radius 2 is 1.77 bits per heavy atom. The summed E-state index contributed by atoms with van der Waals surface area (Å²) < 4.78 is 5.73. The fourth-order valence-corrected chi connectivity index (χ4v) is 4.88. The largest absolute Gasteiger partial charge is 0.477 e. The Morgan fingerprint density at radius 1 is 1.10 bits per heavy atom. The molecule has 0 saturated carbocycles. The Labute approximate surface area is 233 Å². The van der Waals surface area contributed by atoms with E-state index in [1.54, 1.807) is 25.7 Å². The summed E-state index contributed by atoms with van der Waals surface area (Å²) in [5.41, 5.74) is 1.92. The third-order valence-corrected chi connectivity index (χ3v) is 6.87. The molecule has 0 saturated heterocycles. The normalized spacial score (nSPS) is 18.0. The van der Waals surface area contributed by atoms with Crippen LogP contribution in [0.25, 0.3) is 22.5 Å². The zero-order valence-corrected chi connectivity index (χ0v) is 23.4. The number of H-pyrrole nitrogens is 1. The molecule has 2 atom stereocenters. The molecule has 2 aromatic carbocycles. The number of nitrogens with one attached hydrogen (secondary N) is 2. The van der Waals surface area contributed by atoms with Gasteiger partial charge in [-0.05, 0) is 56.0 Å². The number of aromatic nitrogens is 4. The number of aliphatic carboxylic acids is 1. The van der Waals surface area contributed by atoms with Crippen molar-refractivity contribution in [3.05, 3.63) is 65.5 Å². The van der Waals surface area contributed by atoms with Gasteiger partial charge in [0.2, 0.25) is 5.82 Å². The summed E-state index contributed by atoms with van der Waals surface area (Å²) in [6.45, 7) is 8.92. The van der Waals surface area contributed by atoms with E-state index in [-0.39, 0.29) is 24.5 Å². The number of carboxylic acid groups (broad SMARTS) is 1. The third-order valence-electron chi connectivity index (χ3n) is 6.87. The number of nitrogens with zero attached hydrogens (tertiary/aromatic N) is 4. The molecule has 0 fully saturated rings. The van der Waals surface area contributed by atoms with Gasteiger partial charge in [-0.3, -0.25) is 4.79 Å². The number of hydrogen-bond donors (Lipinski definition) is 4. The highest BCUT2D eigenvalue weighted by Crippen LogP contribution is 2.37. The molecule has 1 aliphatic rings. The van der Waals surface area contributed by atoms with E-state index in [4.69, 9.17) is 4.74 Å². The summed E-state index contributed by atoms with van der Waals surface area (Å²) in [5.74, 6) is -1.08. The molecule has 1 aliphatic heterocycles. The molecule has 2 heterocycles. The third kappa shape index (κ3) is 5.84. The van der Waals surface area contributed by atoms with Gasteiger partial charge in [0.1, 0.15) is 18.0 Å². The molecule has 11 heteroatoms. The number of carboxylic acids is 1. The Balaban J connectivity index is 1.69. The minimum absolute atomic E-state index is 0.0400. The highest BCUT2D eigenvalue weighted by molar-refractivity contribution is 5.88. The summed E-state index contributed by atoms with van der Waals surface area (Å²) in [7, 11) is 0. The van der Waals surface area contributed by atoms with Gasteiger partial charge in [0.15, 0.2) is 0 Å². The molecule has 0 amide bonds. The Morgan fingerprint density at radius 3 is 2.33 bits per heavy atom. The van der Waals surface area contributed by atoms with Gasteiger partial charge in [-0.1, -0.05) is 61.9 Å². The number of aliphatic hydroxyl groups is 1. The van der Waals surface area contributed by atoms with Crippen molar-refractivity contribution >= 4 is 11.9 Å². The van der Waals surface area contributed by atoms with Crippen molar-refractivity contribution in [3.63, 3.8) is 0 Å². The van der Waals surface area contributed by atoms with Crippen molar-refractivity contribution in [2.45, 2.75) is 65.8 Å². The number of hydrogen-bond acceptors (Lipinski definition) is 9. The van der Waals surface area contributed by atoms with Crippen molar-refractivity contribution in [3.8, 4) is 22.5 Å². The first-order valence-corrected chi connectivity index (χ1v) is 13.3. The number of ether oxygens (including phenoxy) is 1. The number of aliphatic hydroxyl groups excluding tert-OH is 1. The maximum Gasteiger partial charge on any atom is 0.354 e. The molecule has 212 valence electrons. The highest BCUT2D eigenvalue weighted by Gasteiger charge is 2.49. The lowest BCUT2D eigenvalue weighted by Gasteiger charge is -2.41. The van der Waals surface area contributed by atoms with Crippen LogP contribution in [0.1, 0.15) is 53.0 Å². The van der Waals surface area contributed by atoms with E-state index < -0.39 is 29.1 Å². The van der Waals surface area contributed by atoms with Crippen LogP contribution in [0.5, 0.6) is 0 Å². The van der Waals surface area contributed by atoms with Gasteiger partial charge >= 0.3 is 11.9 Å². The lowest BCUT2D eigenvalue weighted by molar-refractivity contribution is -0.158. The Kier molecular flexibility index (Phi) is 8.24. The fourth-order valence-electron chi connectivity index (χ4n) is 4.88. The first kappa shape index (κ1) is 28.8. The van der Waals surface area contributed by atoms with E-state index >= 15 is 0 Å². The van der Waals surface area contributed by atoms with E-state index in [0.29, 0.717) is 18.7 Å². The molecule has 0 spiro atoms. The van der Waals surface area contributed by atoms with Gasteiger partial charge in [-0.25, -0.2) is 4.79 Å². The molecule has 4 rings (SSSR count). The van der Waals surface area contributed by atoms with E-state index in [1.807, 2.05) is 55.5 Å². The molecule has 1 aromatic heterocycles. The van der Waals surface area contributed by atoms with Crippen LogP contribution in [0, 0.1) is 5.41 Å². The van der Waals surface area contributed by atoms with E-state index in [9.17, 15) is 19.8 Å². The van der Waals surface area contributed by atoms with Gasteiger partial charge in [0, 0.05) is 12.1 Å². The minimum Gasteiger partial charge on any atom is -0.477 e. The monoisotopic (exact) mass is 548 g/mol. The van der Waals surface area contributed by atoms with Gasteiger partial charge in [-0.15, -0.1) is 10.2 Å². The molecular weight excluding hydrogens is 512 g/mol. The number of benzene rings is 2. The van der Waals surface area contributed by atoms with Crippen LogP contribution in [-0.2, 0) is 20.9 Å². The van der Waals surface area contributed by atoms with Crippen molar-refractivity contribution in [1.29, 1.82) is 0 Å². The molecule has 11 nitrogen and oxygen atoms in total. The molecule has 0 radical (unpaired) electrons. The van der Waals surface area contributed by atoms with Crippen LogP contribution < -0.4 is 5.32 Å². The fraction of sp³-hybridized carbons (Fsp3) is 0.414. The minimum atomic E-state index is -1.17. The molecule has 0 bridgehead atoms. The lowest BCUT2D eigenvalue weighted by atomic mass is 9.96. The summed E-state index contributed by atoms with van der Waals surface area (Å²) in [6.07, 6.45) is 0.102. The second kappa shape index (κ2) is 11.5. The van der Waals surface area contributed by atoms with Crippen LogP contribution in [0.2, 0.25) is 0 Å². The van der Waals surface area contributed by atoms with Crippen LogP contribution in [-0.4, -0.2) is 66.0 Å². The van der Waals surface area contributed by atoms with Crippen molar-refractivity contribution in [2.24, 2.45) is 5.41 Å². The Hall–Kier alpha value is -4.25. The van der Waals surface area contributed by atoms with Crippen molar-refractivity contribution in [1.82, 2.24) is 30.8 Å². The predicted molar refractivity (Wildman–Crippen MR) is 148 cm³/mol. The molecule has 0 aliphatic carbocycles. The smallest absolute Gasteiger partial charge is 0.354 e. The van der Waals surface area contributed by atoms with Gasteiger partial charge in [0.25, 0.3) is 0 Å². The predicted octanol–water partition coefficient (Wildman–Crippen LogP) is 3.70. The second-order valence-corrected chi connectivity index (χ2v) is 11.0. The second-order valence-electron chi connectivity index (χ2n) is 11.0. The summed E-state index contributed by atoms with van der Waals surface area (Å²) in [4.78, 5) is 26.9. The molecule has 40 heavy (non-hydrogen) atoms. The van der Waals surface area contributed by atoms with Crippen LogP contribution in [0.3, 0.4) is 0 Å². The molecule has 3 aromatic rings. The molecule has 2 unspecified atom stereocenters. The maximum atomic E-state index is 12.7. The average molecular weight is 549 g/mol. The zero-order valence-electron chi connectivity index (χ0n) is 23.4. The molecule has 4 N–H and O–H groups in total. The number of tetrazole rings is 1. The first-order chi connectivity index (χ1) is 19.0. The summed E-state index contributed by atoms with van der Waals surface area (Å²) >= 11 is 0. The van der Waals surface area contributed by atoms with Crippen molar-refractivity contribution < 1.29 is 24.5 Å². The van der Waals surface area contributed by atoms with Gasteiger partial charge in [0.05, 0.1) is 17.2 Å². The van der Waals surface area contributed by atoms with Crippen molar-refractivity contribution in [2.75, 3.05) is 6.61 Å². The van der Waals surface area contributed by atoms with Gasteiger partial charge in [-0.2, -0.15) is 5.21 Å². The standard InChI is InChI=1S/C29H36N6O5/c1-6-15-29(17-40-27(39)28(3,4)5)30-23(18(2)36)24(26(37)38)35(29)16-19-11-13-20(14-12-19)21-9-7-8-10-22(21)25-31-33-34-32-25/h7-14,18,30,36H,6,15-17H2,1-5H3,(H,37,38)(H,31,32,33,34). The van der Waals surface area contributed by atoms with Gasteiger partial charge < -0.3 is 25.2 Å². The Bertz CT molecular complexity index is 1380. The number of esters is 1. The zero-order chi connectivity index (χ0) is 29.1. The van der Waals surface area contributed by atoms with Crippen LogP contribution >= 0.6 is 0 Å². The maximum absolute atomic E-state index is 12.7. The average Bonchev–Trinajstić information content (AvgIpc) is 3.55. The highest BCUT2D eigenvalue weighted by atomic mass is 16.5. The number of carbonyl (C=O) groups excluding carboxylic acids is 1.